The topological polar surface area (TPSA) is 0 Å². The van der Waals surface area contributed by atoms with Crippen LogP contribution in [-0.2, 0) is 0 Å². The van der Waals surface area contributed by atoms with Crippen molar-refractivity contribution in [2.45, 2.75) is 27.2 Å². The molecular formula is C10H18. The zero-order chi connectivity index (χ0) is 8.41. The molecule has 0 fully saturated rings. The van der Waals surface area contributed by atoms with E-state index in [2.05, 4.69) is 27.0 Å². The maximum absolute atomic E-state index is 3.56. The largest absolute Gasteiger partial charge is 0.0991 e. The van der Waals surface area contributed by atoms with E-state index >= 15 is 0 Å². The molecule has 0 heteroatoms. The van der Waals surface area contributed by atoms with Crippen molar-refractivity contribution in [1.82, 2.24) is 0 Å². The molecule has 0 N–H and O–H groups in total. The van der Waals surface area contributed by atoms with Crippen molar-refractivity contribution in [3.05, 3.63) is 37.0 Å². The Labute approximate surface area is 65.0 Å². The first-order valence-corrected chi connectivity index (χ1v) is 3.64. The van der Waals surface area contributed by atoms with E-state index in [1.807, 2.05) is 13.0 Å². The van der Waals surface area contributed by atoms with Crippen LogP contribution in [0.2, 0.25) is 0 Å². The second-order valence-corrected chi connectivity index (χ2v) is 2.06. The van der Waals surface area contributed by atoms with Gasteiger partial charge >= 0.3 is 0 Å². The van der Waals surface area contributed by atoms with Crippen molar-refractivity contribution in [2.75, 3.05) is 0 Å². The molecule has 0 heterocycles. The zero-order valence-electron chi connectivity index (χ0n) is 7.35. The quantitative estimate of drug-likeness (QED) is 0.510. The lowest BCUT2D eigenvalue weighted by Gasteiger charge is -1.80. The van der Waals surface area contributed by atoms with E-state index in [1.165, 1.54) is 6.42 Å². The predicted octanol–water partition coefficient (Wildman–Crippen LogP) is 3.72. The molecule has 0 rings (SSSR count). The molecule has 0 spiro atoms. The standard InChI is InChI=1S/C7H10.C3H8/c1-4-6-7(3)5-2;1-3-2/h4-6H,1-2H2,3H3;3H2,1-2H3/b7-6-;. The molecule has 0 atom stereocenters. The lowest BCUT2D eigenvalue weighted by Crippen LogP contribution is -1.58. The second-order valence-electron chi connectivity index (χ2n) is 2.06. The minimum absolute atomic E-state index is 1.15. The molecule has 0 unspecified atom stereocenters. The third-order valence-electron chi connectivity index (χ3n) is 0.703. The van der Waals surface area contributed by atoms with Crippen molar-refractivity contribution in [2.24, 2.45) is 0 Å². The first-order chi connectivity index (χ1) is 4.72. The summed E-state index contributed by atoms with van der Waals surface area (Å²) in [6, 6.07) is 0. The zero-order valence-corrected chi connectivity index (χ0v) is 7.35. The molecule has 0 aliphatic rings. The van der Waals surface area contributed by atoms with Crippen LogP contribution in [0.25, 0.3) is 0 Å². The first-order valence-electron chi connectivity index (χ1n) is 3.64. The van der Waals surface area contributed by atoms with Crippen LogP contribution in [-0.4, -0.2) is 0 Å². The molecule has 0 aromatic carbocycles. The van der Waals surface area contributed by atoms with Gasteiger partial charge < -0.3 is 0 Å². The van der Waals surface area contributed by atoms with Gasteiger partial charge in [-0.1, -0.05) is 57.2 Å². The van der Waals surface area contributed by atoms with Gasteiger partial charge in [-0.3, -0.25) is 0 Å². The fraction of sp³-hybridized carbons (Fsp3) is 0.400. The predicted molar refractivity (Wildman–Crippen MR) is 50.1 cm³/mol. The van der Waals surface area contributed by atoms with Crippen LogP contribution in [0.1, 0.15) is 27.2 Å². The SMILES string of the molecule is C=C/C=C(/C)C=C.CCC. The van der Waals surface area contributed by atoms with E-state index in [1.54, 1.807) is 12.2 Å². The van der Waals surface area contributed by atoms with Gasteiger partial charge in [0.2, 0.25) is 0 Å². The number of hydrogen-bond acceptors (Lipinski definition) is 0. The third-order valence-corrected chi connectivity index (χ3v) is 0.703. The Kier molecular flexibility index (Phi) is 13.2. The van der Waals surface area contributed by atoms with Crippen molar-refractivity contribution in [1.29, 1.82) is 0 Å². The summed E-state index contributed by atoms with van der Waals surface area (Å²) in [5.74, 6) is 0. The maximum atomic E-state index is 3.56. The highest BCUT2D eigenvalue weighted by Crippen LogP contribution is 1.90. The fourth-order valence-corrected chi connectivity index (χ4v) is 0.254. The van der Waals surface area contributed by atoms with Crippen molar-refractivity contribution in [3.8, 4) is 0 Å². The number of hydrogen-bond donors (Lipinski definition) is 0. The molecule has 0 bridgehead atoms. The molecule has 0 aliphatic heterocycles. The minimum Gasteiger partial charge on any atom is -0.0991 e. The van der Waals surface area contributed by atoms with E-state index in [-0.39, 0.29) is 0 Å². The Morgan fingerprint density at radius 2 is 1.70 bits per heavy atom. The molecule has 0 saturated heterocycles. The van der Waals surface area contributed by atoms with Crippen LogP contribution in [0, 0.1) is 0 Å². The van der Waals surface area contributed by atoms with Gasteiger partial charge in [0.05, 0.1) is 0 Å². The highest BCUT2D eigenvalue weighted by Gasteiger charge is 1.68. The van der Waals surface area contributed by atoms with E-state index in [0.29, 0.717) is 0 Å². The molecule has 0 aromatic rings. The highest BCUT2D eigenvalue weighted by atomic mass is 13.8. The van der Waals surface area contributed by atoms with Crippen LogP contribution in [0.15, 0.2) is 37.0 Å². The lowest BCUT2D eigenvalue weighted by molar-refractivity contribution is 1.09. The van der Waals surface area contributed by atoms with Gasteiger partial charge in [-0.15, -0.1) is 0 Å². The lowest BCUT2D eigenvalue weighted by atomic mass is 10.3. The van der Waals surface area contributed by atoms with Crippen molar-refractivity contribution < 1.29 is 0 Å². The molecule has 0 aromatic heterocycles. The third kappa shape index (κ3) is 15.7. The minimum atomic E-state index is 1.15. The normalized spacial score (nSPS) is 9.30. The summed E-state index contributed by atoms with van der Waals surface area (Å²) in [4.78, 5) is 0. The summed E-state index contributed by atoms with van der Waals surface area (Å²) >= 11 is 0. The highest BCUT2D eigenvalue weighted by molar-refractivity contribution is 5.17. The van der Waals surface area contributed by atoms with Crippen molar-refractivity contribution >= 4 is 0 Å². The average molecular weight is 138 g/mol. The van der Waals surface area contributed by atoms with Gasteiger partial charge in [-0.25, -0.2) is 0 Å². The van der Waals surface area contributed by atoms with E-state index in [0.717, 1.165) is 5.57 Å². The van der Waals surface area contributed by atoms with E-state index in [4.69, 9.17) is 0 Å². The Hall–Kier alpha value is -0.780. The van der Waals surface area contributed by atoms with Gasteiger partial charge in [0, 0.05) is 0 Å². The smallest absolute Gasteiger partial charge is 0.0398 e. The van der Waals surface area contributed by atoms with E-state index < -0.39 is 0 Å². The van der Waals surface area contributed by atoms with Crippen LogP contribution in [0.4, 0.5) is 0 Å². The monoisotopic (exact) mass is 138 g/mol. The maximum Gasteiger partial charge on any atom is -0.0398 e. The summed E-state index contributed by atoms with van der Waals surface area (Å²) in [6.07, 6.45) is 6.70. The van der Waals surface area contributed by atoms with Gasteiger partial charge in [-0.2, -0.15) is 0 Å². The summed E-state index contributed by atoms with van der Waals surface area (Å²) in [5.41, 5.74) is 1.15. The fourth-order valence-electron chi connectivity index (χ4n) is 0.254. The van der Waals surface area contributed by atoms with Crippen LogP contribution in [0.3, 0.4) is 0 Å². The second kappa shape index (κ2) is 11.1. The molecule has 10 heavy (non-hydrogen) atoms. The molecule has 0 amide bonds. The number of allylic oxidation sites excluding steroid dienone is 4. The molecule has 0 radical (unpaired) electrons. The molecule has 0 saturated carbocycles. The van der Waals surface area contributed by atoms with Crippen molar-refractivity contribution in [3.63, 3.8) is 0 Å². The van der Waals surface area contributed by atoms with E-state index in [9.17, 15) is 0 Å². The van der Waals surface area contributed by atoms with Crippen LogP contribution >= 0.6 is 0 Å². The molecule has 0 nitrogen and oxygen atoms in total. The molecular weight excluding hydrogens is 120 g/mol. The van der Waals surface area contributed by atoms with Gasteiger partial charge in [-0.05, 0) is 6.92 Å². The number of rotatable bonds is 2. The van der Waals surface area contributed by atoms with Gasteiger partial charge in [0.1, 0.15) is 0 Å². The summed E-state index contributed by atoms with van der Waals surface area (Å²) in [5, 5.41) is 0. The Morgan fingerprint density at radius 1 is 1.30 bits per heavy atom. The molecule has 58 valence electrons. The summed E-state index contributed by atoms with van der Waals surface area (Å²) in [7, 11) is 0. The van der Waals surface area contributed by atoms with Crippen LogP contribution in [0.5, 0.6) is 0 Å². The van der Waals surface area contributed by atoms with Gasteiger partial charge in [0.15, 0.2) is 0 Å². The Bertz CT molecular complexity index is 107. The van der Waals surface area contributed by atoms with Gasteiger partial charge in [0.25, 0.3) is 0 Å². The summed E-state index contributed by atoms with van der Waals surface area (Å²) < 4.78 is 0. The molecule has 0 aliphatic carbocycles. The summed E-state index contributed by atoms with van der Waals surface area (Å²) in [6.45, 7) is 13.3. The Balaban J connectivity index is 0. The van der Waals surface area contributed by atoms with Crippen LogP contribution < -0.4 is 0 Å². The average Bonchev–Trinajstić information content (AvgIpc) is 1.90. The Morgan fingerprint density at radius 3 is 1.80 bits per heavy atom. The first kappa shape index (κ1) is 12.0.